The van der Waals surface area contributed by atoms with Crippen LogP contribution in [0, 0.1) is 5.92 Å². The average molecular weight is 268 g/mol. The monoisotopic (exact) mass is 267 g/mol. The van der Waals surface area contributed by atoms with Crippen molar-refractivity contribution in [2.75, 3.05) is 13.1 Å². The molecule has 1 rings (SSSR count). The molecule has 0 saturated carbocycles. The van der Waals surface area contributed by atoms with Gasteiger partial charge in [0.05, 0.1) is 0 Å². The van der Waals surface area contributed by atoms with Gasteiger partial charge in [0.2, 0.25) is 0 Å². The van der Waals surface area contributed by atoms with E-state index in [0.29, 0.717) is 5.92 Å². The lowest BCUT2D eigenvalue weighted by Gasteiger charge is -2.33. The number of rotatable bonds is 7. The molecule has 0 aliphatic carbocycles. The number of nitrogens with one attached hydrogen (secondary N) is 1. The van der Waals surface area contributed by atoms with Gasteiger partial charge in [-0.15, -0.1) is 0 Å². The Balaban J connectivity index is 2.81. The van der Waals surface area contributed by atoms with E-state index < -0.39 is 0 Å². The van der Waals surface area contributed by atoms with Gasteiger partial charge in [0.15, 0.2) is 0 Å². The molecule has 0 unspecified atom stereocenters. The third-order valence-electron chi connectivity index (χ3n) is 3.83. The van der Waals surface area contributed by atoms with E-state index in [2.05, 4.69) is 45.1 Å². The second-order valence-electron chi connectivity index (χ2n) is 5.52. The van der Waals surface area contributed by atoms with E-state index in [1.54, 1.807) is 0 Å². The van der Waals surface area contributed by atoms with Crippen molar-refractivity contribution >= 4 is 11.6 Å². The second-order valence-corrected chi connectivity index (χ2v) is 5.96. The molecular weight excluding hydrogens is 242 g/mol. The maximum atomic E-state index is 5.98. The summed E-state index contributed by atoms with van der Waals surface area (Å²) in [6.07, 6.45) is 2.30. The van der Waals surface area contributed by atoms with Crippen molar-refractivity contribution in [3.05, 3.63) is 34.9 Å². The van der Waals surface area contributed by atoms with Crippen LogP contribution in [0.2, 0.25) is 5.02 Å². The Morgan fingerprint density at radius 3 is 2.11 bits per heavy atom. The summed E-state index contributed by atoms with van der Waals surface area (Å²) in [5, 5.41) is 4.42. The third kappa shape index (κ3) is 4.00. The fraction of sp³-hybridized carbons (Fsp3) is 0.625. The van der Waals surface area contributed by atoms with E-state index in [1.807, 2.05) is 12.1 Å². The van der Waals surface area contributed by atoms with E-state index in [4.69, 9.17) is 11.6 Å². The van der Waals surface area contributed by atoms with E-state index in [9.17, 15) is 0 Å². The maximum absolute atomic E-state index is 5.98. The summed E-state index contributed by atoms with van der Waals surface area (Å²) in [6, 6.07) is 8.34. The fourth-order valence-electron chi connectivity index (χ4n) is 2.41. The molecule has 0 aromatic heterocycles. The molecule has 0 spiro atoms. The lowest BCUT2D eigenvalue weighted by Crippen LogP contribution is -2.38. The SMILES string of the molecule is CCC(CC)(CNCC(C)C)c1ccc(Cl)cc1. The van der Waals surface area contributed by atoms with Gasteiger partial charge in [-0.2, -0.15) is 0 Å². The standard InChI is InChI=1S/C16H26ClN/c1-5-16(6-2,12-18-11-13(3)4)14-7-9-15(17)10-8-14/h7-10,13,18H,5-6,11-12H2,1-4H3. The van der Waals surface area contributed by atoms with Crippen molar-refractivity contribution in [3.63, 3.8) is 0 Å². The van der Waals surface area contributed by atoms with Crippen LogP contribution in [0.3, 0.4) is 0 Å². The minimum Gasteiger partial charge on any atom is -0.316 e. The van der Waals surface area contributed by atoms with Gasteiger partial charge in [-0.1, -0.05) is 51.4 Å². The van der Waals surface area contributed by atoms with Crippen molar-refractivity contribution in [1.29, 1.82) is 0 Å². The highest BCUT2D eigenvalue weighted by Gasteiger charge is 2.27. The van der Waals surface area contributed by atoms with Crippen LogP contribution in [0.15, 0.2) is 24.3 Å². The summed E-state index contributed by atoms with van der Waals surface area (Å²) in [7, 11) is 0. The van der Waals surface area contributed by atoms with Gasteiger partial charge < -0.3 is 5.32 Å². The molecule has 0 bridgehead atoms. The molecule has 18 heavy (non-hydrogen) atoms. The first kappa shape index (κ1) is 15.5. The smallest absolute Gasteiger partial charge is 0.0406 e. The molecule has 1 aromatic carbocycles. The number of hydrogen-bond acceptors (Lipinski definition) is 1. The normalized spacial score (nSPS) is 12.1. The predicted octanol–water partition coefficient (Wildman–Crippen LogP) is 4.64. The highest BCUT2D eigenvalue weighted by atomic mass is 35.5. The molecule has 1 N–H and O–H groups in total. The molecule has 2 heteroatoms. The molecule has 0 aliphatic rings. The molecule has 0 heterocycles. The van der Waals surface area contributed by atoms with Crippen LogP contribution in [0.25, 0.3) is 0 Å². The van der Waals surface area contributed by atoms with Crippen LogP contribution in [0.1, 0.15) is 46.1 Å². The molecule has 1 nitrogen and oxygen atoms in total. The molecule has 0 aliphatic heterocycles. The topological polar surface area (TPSA) is 12.0 Å². The van der Waals surface area contributed by atoms with Crippen molar-refractivity contribution in [3.8, 4) is 0 Å². The zero-order chi connectivity index (χ0) is 13.6. The van der Waals surface area contributed by atoms with Gasteiger partial charge >= 0.3 is 0 Å². The Kier molecular flexibility index (Phi) is 6.17. The van der Waals surface area contributed by atoms with Gasteiger partial charge in [0, 0.05) is 17.0 Å². The summed E-state index contributed by atoms with van der Waals surface area (Å²) in [4.78, 5) is 0. The lowest BCUT2D eigenvalue weighted by molar-refractivity contribution is 0.359. The van der Waals surface area contributed by atoms with E-state index >= 15 is 0 Å². The van der Waals surface area contributed by atoms with Gasteiger partial charge in [-0.25, -0.2) is 0 Å². The minimum absolute atomic E-state index is 0.236. The summed E-state index contributed by atoms with van der Waals surface area (Å²) in [5.41, 5.74) is 1.63. The zero-order valence-corrected chi connectivity index (χ0v) is 12.8. The molecule has 0 amide bonds. The summed E-state index contributed by atoms with van der Waals surface area (Å²) >= 11 is 5.98. The Morgan fingerprint density at radius 2 is 1.67 bits per heavy atom. The van der Waals surface area contributed by atoms with Crippen molar-refractivity contribution in [2.24, 2.45) is 5.92 Å². The fourth-order valence-corrected chi connectivity index (χ4v) is 2.54. The Morgan fingerprint density at radius 1 is 1.11 bits per heavy atom. The average Bonchev–Trinajstić information content (AvgIpc) is 2.36. The Hall–Kier alpha value is -0.530. The number of benzene rings is 1. The molecule has 0 saturated heterocycles. The van der Waals surface area contributed by atoms with Crippen LogP contribution in [0.4, 0.5) is 0 Å². The van der Waals surface area contributed by atoms with E-state index in [-0.39, 0.29) is 5.41 Å². The first-order chi connectivity index (χ1) is 8.54. The molecule has 0 radical (unpaired) electrons. The first-order valence-electron chi connectivity index (χ1n) is 7.01. The van der Waals surface area contributed by atoms with Crippen LogP contribution < -0.4 is 5.32 Å². The minimum atomic E-state index is 0.236. The van der Waals surface area contributed by atoms with Crippen molar-refractivity contribution < 1.29 is 0 Å². The van der Waals surface area contributed by atoms with Crippen LogP contribution in [-0.2, 0) is 5.41 Å². The highest BCUT2D eigenvalue weighted by molar-refractivity contribution is 6.30. The van der Waals surface area contributed by atoms with E-state index in [1.165, 1.54) is 5.56 Å². The summed E-state index contributed by atoms with van der Waals surface area (Å²) in [6.45, 7) is 11.2. The maximum Gasteiger partial charge on any atom is 0.0406 e. The second kappa shape index (κ2) is 7.16. The lowest BCUT2D eigenvalue weighted by atomic mass is 9.75. The largest absolute Gasteiger partial charge is 0.316 e. The van der Waals surface area contributed by atoms with Gasteiger partial charge in [-0.05, 0) is 43.0 Å². The first-order valence-corrected chi connectivity index (χ1v) is 7.38. The van der Waals surface area contributed by atoms with E-state index in [0.717, 1.165) is 31.0 Å². The van der Waals surface area contributed by atoms with Crippen LogP contribution >= 0.6 is 11.6 Å². The Bertz CT molecular complexity index is 339. The zero-order valence-electron chi connectivity index (χ0n) is 12.1. The number of halogens is 1. The van der Waals surface area contributed by atoms with Crippen molar-refractivity contribution in [2.45, 2.75) is 46.0 Å². The molecule has 1 aromatic rings. The van der Waals surface area contributed by atoms with Crippen LogP contribution in [-0.4, -0.2) is 13.1 Å². The molecule has 0 atom stereocenters. The van der Waals surface area contributed by atoms with Crippen LogP contribution in [0.5, 0.6) is 0 Å². The summed E-state index contributed by atoms with van der Waals surface area (Å²) < 4.78 is 0. The van der Waals surface area contributed by atoms with Gasteiger partial charge in [0.1, 0.15) is 0 Å². The molecular formula is C16H26ClN. The van der Waals surface area contributed by atoms with Gasteiger partial charge in [0.25, 0.3) is 0 Å². The predicted molar refractivity (Wildman–Crippen MR) is 81.4 cm³/mol. The third-order valence-corrected chi connectivity index (χ3v) is 4.08. The number of hydrogen-bond donors (Lipinski definition) is 1. The Labute approximate surface area is 117 Å². The van der Waals surface area contributed by atoms with Gasteiger partial charge in [-0.3, -0.25) is 0 Å². The summed E-state index contributed by atoms with van der Waals surface area (Å²) in [5.74, 6) is 0.696. The molecule has 0 fully saturated rings. The molecule has 102 valence electrons. The highest BCUT2D eigenvalue weighted by Crippen LogP contribution is 2.31. The quantitative estimate of drug-likeness (QED) is 0.759. The van der Waals surface area contributed by atoms with Crippen molar-refractivity contribution in [1.82, 2.24) is 5.32 Å².